The number of benzene rings is 1. The van der Waals surface area contributed by atoms with Crippen molar-refractivity contribution in [3.05, 3.63) is 66.5 Å². The van der Waals surface area contributed by atoms with E-state index >= 15 is 0 Å². The molecular formula is C24H27N7O2. The summed E-state index contributed by atoms with van der Waals surface area (Å²) in [5.74, 6) is 0.0305. The molecule has 0 unspecified atom stereocenters. The van der Waals surface area contributed by atoms with Gasteiger partial charge in [0, 0.05) is 55.4 Å². The predicted octanol–water partition coefficient (Wildman–Crippen LogP) is 3.53. The van der Waals surface area contributed by atoms with Crippen LogP contribution in [-0.4, -0.2) is 62.3 Å². The van der Waals surface area contributed by atoms with Crippen LogP contribution in [0.5, 0.6) is 0 Å². The maximum atomic E-state index is 12.7. The highest BCUT2D eigenvalue weighted by Gasteiger charge is 2.16. The minimum absolute atomic E-state index is 0.305. The summed E-state index contributed by atoms with van der Waals surface area (Å²) in [4.78, 5) is 27.6. The first-order valence-electron chi connectivity index (χ1n) is 11.1. The molecule has 0 atom stereocenters. The molecule has 1 aliphatic rings. The number of hydrogen-bond donors (Lipinski definition) is 2. The quantitative estimate of drug-likeness (QED) is 0.484. The van der Waals surface area contributed by atoms with Crippen molar-refractivity contribution < 1.29 is 9.53 Å². The number of aromatic amines is 1. The van der Waals surface area contributed by atoms with Gasteiger partial charge in [0.05, 0.1) is 24.9 Å². The van der Waals surface area contributed by atoms with E-state index in [2.05, 4.69) is 41.4 Å². The lowest BCUT2D eigenvalue weighted by molar-refractivity contribution is 0.0341. The van der Waals surface area contributed by atoms with E-state index in [1.54, 1.807) is 6.20 Å². The van der Waals surface area contributed by atoms with Gasteiger partial charge in [0.2, 0.25) is 0 Å². The Kier molecular flexibility index (Phi) is 7.33. The van der Waals surface area contributed by atoms with Gasteiger partial charge in [-0.3, -0.25) is 24.8 Å². The van der Waals surface area contributed by atoms with E-state index in [0.717, 1.165) is 60.4 Å². The van der Waals surface area contributed by atoms with Crippen LogP contribution in [-0.2, 0) is 11.3 Å². The normalized spacial score (nSPS) is 13.9. The molecule has 4 aromatic rings. The van der Waals surface area contributed by atoms with E-state index in [1.165, 1.54) is 12.4 Å². The van der Waals surface area contributed by atoms with Gasteiger partial charge >= 0.3 is 0 Å². The highest BCUT2D eigenvalue weighted by atomic mass is 16.5. The molecule has 0 aliphatic carbocycles. The van der Waals surface area contributed by atoms with Crippen LogP contribution in [0.4, 0.5) is 5.82 Å². The number of nitrogens with zero attached hydrogens (tertiary/aromatic N) is 5. The Morgan fingerprint density at radius 3 is 2.70 bits per heavy atom. The van der Waals surface area contributed by atoms with Crippen molar-refractivity contribution in [2.24, 2.45) is 0 Å². The molecule has 0 saturated carbocycles. The smallest absolute Gasteiger partial charge is 0.277 e. The summed E-state index contributed by atoms with van der Waals surface area (Å²) in [6.45, 7) is 8.22. The van der Waals surface area contributed by atoms with Crippen molar-refractivity contribution in [2.75, 3.05) is 31.6 Å². The molecule has 4 heterocycles. The topological polar surface area (TPSA) is 109 Å². The first-order valence-corrected chi connectivity index (χ1v) is 11.1. The summed E-state index contributed by atoms with van der Waals surface area (Å²) in [6, 6.07) is 8.02. The molecule has 2 N–H and O–H groups in total. The van der Waals surface area contributed by atoms with Gasteiger partial charge in [-0.05, 0) is 29.3 Å². The van der Waals surface area contributed by atoms with Crippen molar-refractivity contribution in [1.29, 1.82) is 0 Å². The average molecular weight is 446 g/mol. The molecule has 1 aromatic carbocycles. The molecule has 0 radical (unpaired) electrons. The zero-order chi connectivity index (χ0) is 23.0. The summed E-state index contributed by atoms with van der Waals surface area (Å²) < 4.78 is 5.43. The first-order chi connectivity index (χ1) is 16.3. The number of anilines is 1. The van der Waals surface area contributed by atoms with Gasteiger partial charge in [-0.25, -0.2) is 4.98 Å². The zero-order valence-electron chi connectivity index (χ0n) is 18.8. The minimum atomic E-state index is -0.344. The molecule has 5 rings (SSSR count). The van der Waals surface area contributed by atoms with E-state index in [4.69, 9.17) is 4.74 Å². The maximum Gasteiger partial charge on any atom is 0.277 e. The molecular weight excluding hydrogens is 418 g/mol. The number of nitrogens with one attached hydrogen (secondary N) is 2. The number of morpholine rings is 1. The van der Waals surface area contributed by atoms with Crippen LogP contribution in [0.15, 0.2) is 55.2 Å². The molecule has 0 bridgehead atoms. The second-order valence-electron chi connectivity index (χ2n) is 7.35. The van der Waals surface area contributed by atoms with Crippen LogP contribution < -0.4 is 5.32 Å². The summed E-state index contributed by atoms with van der Waals surface area (Å²) >= 11 is 0. The Hall–Kier alpha value is -3.69. The lowest BCUT2D eigenvalue weighted by Crippen LogP contribution is -2.35. The van der Waals surface area contributed by atoms with Crippen LogP contribution >= 0.6 is 0 Å². The van der Waals surface area contributed by atoms with Crippen LogP contribution in [0.3, 0.4) is 0 Å². The molecule has 1 saturated heterocycles. The monoisotopic (exact) mass is 445 g/mol. The number of ether oxygens (including phenoxy) is 1. The standard InChI is InChI=1S/C22H21N7O2.C2H6/c30-22(26-20-13-23-3-4-25-20)21-18-10-16(1-2-19(18)27-28-21)17-9-15(11-24-12-17)14-29-5-7-31-8-6-29;1-2/h1-4,9-13H,5-8,14H2,(H,27,28)(H,25,26,30);1-2H3. The van der Waals surface area contributed by atoms with Crippen molar-refractivity contribution in [3.8, 4) is 11.1 Å². The second-order valence-corrected chi connectivity index (χ2v) is 7.35. The summed E-state index contributed by atoms with van der Waals surface area (Å²) in [7, 11) is 0. The lowest BCUT2D eigenvalue weighted by Gasteiger charge is -2.26. The largest absolute Gasteiger partial charge is 0.379 e. The van der Waals surface area contributed by atoms with Crippen molar-refractivity contribution in [1.82, 2.24) is 30.0 Å². The van der Waals surface area contributed by atoms with E-state index in [-0.39, 0.29) is 5.91 Å². The van der Waals surface area contributed by atoms with E-state index in [1.807, 2.05) is 44.4 Å². The number of carbonyl (C=O) groups excluding carboxylic acids is 1. The third-order valence-electron chi connectivity index (χ3n) is 5.22. The average Bonchev–Trinajstić information content (AvgIpc) is 3.30. The third kappa shape index (κ3) is 5.39. The Balaban J connectivity index is 0.00000126. The number of pyridine rings is 1. The number of H-pyrrole nitrogens is 1. The number of hydrogen-bond acceptors (Lipinski definition) is 7. The second kappa shape index (κ2) is 10.8. The van der Waals surface area contributed by atoms with Crippen molar-refractivity contribution in [2.45, 2.75) is 20.4 Å². The molecule has 9 heteroatoms. The highest BCUT2D eigenvalue weighted by Crippen LogP contribution is 2.26. The van der Waals surface area contributed by atoms with Crippen molar-refractivity contribution >= 4 is 22.6 Å². The molecule has 3 aromatic heterocycles. The van der Waals surface area contributed by atoms with E-state index in [9.17, 15) is 4.79 Å². The minimum Gasteiger partial charge on any atom is -0.379 e. The Morgan fingerprint density at radius 2 is 1.91 bits per heavy atom. The van der Waals surface area contributed by atoms with Gasteiger partial charge in [0.25, 0.3) is 5.91 Å². The number of fused-ring (bicyclic) bond motifs is 1. The number of carbonyl (C=O) groups is 1. The fourth-order valence-electron chi connectivity index (χ4n) is 3.66. The van der Waals surface area contributed by atoms with Gasteiger partial charge in [0.1, 0.15) is 0 Å². The summed E-state index contributed by atoms with van der Waals surface area (Å²) in [5.41, 5.74) is 4.20. The molecule has 1 amide bonds. The fraction of sp³-hybridized carbons (Fsp3) is 0.292. The molecule has 9 nitrogen and oxygen atoms in total. The Bertz CT molecular complexity index is 1200. The van der Waals surface area contributed by atoms with E-state index in [0.29, 0.717) is 11.5 Å². The summed E-state index contributed by atoms with van der Waals surface area (Å²) in [6.07, 6.45) is 8.29. The Morgan fingerprint density at radius 1 is 1.06 bits per heavy atom. The highest BCUT2D eigenvalue weighted by molar-refractivity contribution is 6.11. The molecule has 33 heavy (non-hydrogen) atoms. The third-order valence-corrected chi connectivity index (χ3v) is 5.22. The SMILES string of the molecule is CC.O=C(Nc1cnccn1)c1n[nH]c2ccc(-c3cncc(CN4CCOCC4)c3)cc12. The zero-order valence-corrected chi connectivity index (χ0v) is 18.8. The molecule has 0 spiro atoms. The number of rotatable bonds is 5. The fourth-order valence-corrected chi connectivity index (χ4v) is 3.66. The van der Waals surface area contributed by atoms with Crippen molar-refractivity contribution in [3.63, 3.8) is 0 Å². The van der Waals surface area contributed by atoms with Gasteiger partial charge in [0.15, 0.2) is 11.5 Å². The van der Waals surface area contributed by atoms with Crippen LogP contribution in [0.25, 0.3) is 22.0 Å². The first kappa shape index (κ1) is 22.5. The summed E-state index contributed by atoms with van der Waals surface area (Å²) in [5, 5.41) is 10.6. The van der Waals surface area contributed by atoms with Crippen LogP contribution in [0.1, 0.15) is 29.9 Å². The van der Waals surface area contributed by atoms with Gasteiger partial charge in [-0.1, -0.05) is 19.9 Å². The van der Waals surface area contributed by atoms with Gasteiger partial charge in [-0.2, -0.15) is 5.10 Å². The van der Waals surface area contributed by atoms with Gasteiger partial charge in [-0.15, -0.1) is 0 Å². The number of aromatic nitrogens is 5. The molecule has 170 valence electrons. The van der Waals surface area contributed by atoms with E-state index < -0.39 is 0 Å². The molecule has 1 fully saturated rings. The molecule has 1 aliphatic heterocycles. The number of amides is 1. The van der Waals surface area contributed by atoms with Gasteiger partial charge < -0.3 is 10.1 Å². The predicted molar refractivity (Wildman–Crippen MR) is 127 cm³/mol. The lowest BCUT2D eigenvalue weighted by atomic mass is 10.0. The maximum absolute atomic E-state index is 12.7. The Labute approximate surface area is 192 Å². The van der Waals surface area contributed by atoms with Crippen LogP contribution in [0.2, 0.25) is 0 Å². The van der Waals surface area contributed by atoms with Crippen LogP contribution in [0, 0.1) is 0 Å².